The van der Waals surface area contributed by atoms with Crippen LogP contribution >= 0.6 is 0 Å². The molecule has 7 nitrogen and oxygen atoms in total. The summed E-state index contributed by atoms with van der Waals surface area (Å²) in [5.74, 6) is -0.971. The molecule has 0 saturated carbocycles. The number of rotatable bonds is 7. The Hall–Kier alpha value is -3.56. The minimum Gasteiger partial charge on any atom is -0.482 e. The first-order valence-electron chi connectivity index (χ1n) is 10.8. The van der Waals surface area contributed by atoms with Crippen molar-refractivity contribution in [1.29, 1.82) is 0 Å². The van der Waals surface area contributed by atoms with Gasteiger partial charge in [-0.15, -0.1) is 0 Å². The Balaban J connectivity index is 1.50. The average Bonchev–Trinajstić information content (AvgIpc) is 2.82. The van der Waals surface area contributed by atoms with Gasteiger partial charge in [0.15, 0.2) is 6.61 Å². The third-order valence-electron chi connectivity index (χ3n) is 5.38. The van der Waals surface area contributed by atoms with Crippen molar-refractivity contribution in [2.24, 2.45) is 5.92 Å². The number of amides is 2. The van der Waals surface area contributed by atoms with E-state index in [9.17, 15) is 27.6 Å². The van der Waals surface area contributed by atoms with Crippen molar-refractivity contribution in [3.05, 3.63) is 59.7 Å². The molecule has 0 bridgehead atoms. The van der Waals surface area contributed by atoms with Crippen molar-refractivity contribution in [2.45, 2.75) is 25.9 Å². The number of anilines is 1. The van der Waals surface area contributed by atoms with Gasteiger partial charge < -0.3 is 19.7 Å². The van der Waals surface area contributed by atoms with E-state index in [4.69, 9.17) is 9.47 Å². The summed E-state index contributed by atoms with van der Waals surface area (Å²) >= 11 is 0. The summed E-state index contributed by atoms with van der Waals surface area (Å²) in [7, 11) is 0. The fourth-order valence-corrected chi connectivity index (χ4v) is 3.58. The number of hydrogen-bond donors (Lipinski definition) is 1. The van der Waals surface area contributed by atoms with Gasteiger partial charge in [-0.05, 0) is 56.2 Å². The predicted octanol–water partition coefficient (Wildman–Crippen LogP) is 4.14. The second-order valence-electron chi connectivity index (χ2n) is 7.75. The number of nitrogens with one attached hydrogen (secondary N) is 1. The fourth-order valence-electron chi connectivity index (χ4n) is 3.58. The van der Waals surface area contributed by atoms with Gasteiger partial charge in [-0.1, -0.05) is 6.07 Å². The number of carbonyl (C=O) groups is 3. The Morgan fingerprint density at radius 3 is 2.35 bits per heavy atom. The fraction of sp³-hybridized carbons (Fsp3) is 0.375. The molecular weight excluding hydrogens is 453 g/mol. The third kappa shape index (κ3) is 6.72. The topological polar surface area (TPSA) is 84.9 Å². The van der Waals surface area contributed by atoms with Crippen LogP contribution in [0.2, 0.25) is 0 Å². The smallest absolute Gasteiger partial charge is 0.416 e. The number of benzene rings is 2. The highest BCUT2D eigenvalue weighted by Gasteiger charge is 2.31. The summed E-state index contributed by atoms with van der Waals surface area (Å²) < 4.78 is 48.3. The van der Waals surface area contributed by atoms with E-state index in [1.165, 1.54) is 17.0 Å². The van der Waals surface area contributed by atoms with Crippen LogP contribution in [0.25, 0.3) is 0 Å². The molecule has 0 atom stereocenters. The Labute approximate surface area is 194 Å². The molecule has 0 spiro atoms. The molecule has 1 N–H and O–H groups in total. The first kappa shape index (κ1) is 25.1. The van der Waals surface area contributed by atoms with Crippen molar-refractivity contribution in [1.82, 2.24) is 4.90 Å². The number of carbonyl (C=O) groups excluding carboxylic acids is 3. The van der Waals surface area contributed by atoms with Gasteiger partial charge in [-0.25, -0.2) is 4.79 Å². The van der Waals surface area contributed by atoms with E-state index in [0.29, 0.717) is 37.4 Å². The Morgan fingerprint density at radius 1 is 1.06 bits per heavy atom. The molecule has 3 rings (SSSR count). The Bertz CT molecular complexity index is 1020. The predicted molar refractivity (Wildman–Crippen MR) is 117 cm³/mol. The zero-order valence-corrected chi connectivity index (χ0v) is 18.6. The lowest BCUT2D eigenvalue weighted by atomic mass is 9.95. The maximum atomic E-state index is 12.7. The van der Waals surface area contributed by atoms with E-state index >= 15 is 0 Å². The molecule has 1 aliphatic rings. The number of esters is 1. The summed E-state index contributed by atoms with van der Waals surface area (Å²) in [5, 5.41) is 2.82. The van der Waals surface area contributed by atoms with E-state index in [2.05, 4.69) is 5.32 Å². The molecule has 1 saturated heterocycles. The molecule has 1 fully saturated rings. The summed E-state index contributed by atoms with van der Waals surface area (Å²) in [6.07, 6.45) is -3.60. The van der Waals surface area contributed by atoms with E-state index in [1.807, 2.05) is 0 Å². The van der Waals surface area contributed by atoms with E-state index < -0.39 is 17.7 Å². The highest BCUT2D eigenvalue weighted by Crippen LogP contribution is 2.29. The van der Waals surface area contributed by atoms with Gasteiger partial charge >= 0.3 is 12.1 Å². The molecular formula is C24H25F3N2O5. The van der Waals surface area contributed by atoms with Gasteiger partial charge in [0.1, 0.15) is 5.75 Å². The SMILES string of the molecule is CCOC(=O)COc1cccc(NC(=O)C2CCN(C(=O)c3ccc(C(F)(F)F)cc3)CC2)c1. The first-order valence-corrected chi connectivity index (χ1v) is 10.8. The van der Waals surface area contributed by atoms with Gasteiger partial charge in [0.05, 0.1) is 12.2 Å². The average molecular weight is 478 g/mol. The van der Waals surface area contributed by atoms with Gasteiger partial charge in [0.25, 0.3) is 5.91 Å². The number of piperidine rings is 1. The van der Waals surface area contributed by atoms with Crippen LogP contribution in [0.1, 0.15) is 35.7 Å². The summed E-state index contributed by atoms with van der Waals surface area (Å²) in [5.41, 5.74) is -0.125. The molecule has 2 aromatic carbocycles. The lowest BCUT2D eigenvalue weighted by Crippen LogP contribution is -2.41. The molecule has 10 heteroatoms. The number of alkyl halides is 3. The third-order valence-corrected chi connectivity index (χ3v) is 5.38. The molecule has 34 heavy (non-hydrogen) atoms. The summed E-state index contributed by atoms with van der Waals surface area (Å²) in [6.45, 7) is 2.36. The van der Waals surface area contributed by atoms with Crippen LogP contribution in [0.15, 0.2) is 48.5 Å². The van der Waals surface area contributed by atoms with E-state index in [1.54, 1.807) is 31.2 Å². The zero-order chi connectivity index (χ0) is 24.7. The lowest BCUT2D eigenvalue weighted by Gasteiger charge is -2.31. The molecule has 0 radical (unpaired) electrons. The standard InChI is InChI=1S/C24H25F3N2O5/c1-2-33-21(30)15-34-20-5-3-4-19(14-20)28-22(31)16-10-12-29(13-11-16)23(32)17-6-8-18(9-7-17)24(25,26)27/h3-9,14,16H,2,10-13,15H2,1H3,(H,28,31). The molecule has 0 aliphatic carbocycles. The van der Waals surface area contributed by atoms with Crippen molar-refractivity contribution >= 4 is 23.5 Å². The molecule has 0 unspecified atom stereocenters. The van der Waals surface area contributed by atoms with Gasteiger partial charge in [-0.3, -0.25) is 9.59 Å². The number of hydrogen-bond acceptors (Lipinski definition) is 5. The van der Waals surface area contributed by atoms with E-state index in [0.717, 1.165) is 12.1 Å². The largest absolute Gasteiger partial charge is 0.482 e. The van der Waals surface area contributed by atoms with Gasteiger partial charge in [0, 0.05) is 36.3 Å². The Kier molecular flexibility index (Phi) is 8.14. The number of ether oxygens (including phenoxy) is 2. The second kappa shape index (κ2) is 11.0. The molecule has 2 amide bonds. The second-order valence-corrected chi connectivity index (χ2v) is 7.75. The molecule has 1 heterocycles. The van der Waals surface area contributed by atoms with Crippen molar-refractivity contribution in [2.75, 3.05) is 31.6 Å². The van der Waals surface area contributed by atoms with Crippen LogP contribution in [0, 0.1) is 5.92 Å². The number of nitrogens with zero attached hydrogens (tertiary/aromatic N) is 1. The lowest BCUT2D eigenvalue weighted by molar-refractivity contribution is -0.145. The normalized spacial score (nSPS) is 14.4. The summed E-state index contributed by atoms with van der Waals surface area (Å²) in [4.78, 5) is 38.2. The molecule has 1 aliphatic heterocycles. The van der Waals surface area contributed by atoms with Crippen LogP contribution in [0.3, 0.4) is 0 Å². The van der Waals surface area contributed by atoms with Crippen LogP contribution in [0.5, 0.6) is 5.75 Å². The molecule has 2 aromatic rings. The van der Waals surface area contributed by atoms with Crippen molar-refractivity contribution < 1.29 is 37.0 Å². The minimum atomic E-state index is -4.46. The van der Waals surface area contributed by atoms with Gasteiger partial charge in [-0.2, -0.15) is 13.2 Å². The maximum Gasteiger partial charge on any atom is 0.416 e. The summed E-state index contributed by atoms with van der Waals surface area (Å²) in [6, 6.07) is 10.7. The van der Waals surface area contributed by atoms with Crippen LogP contribution in [-0.4, -0.2) is 49.0 Å². The number of halogens is 3. The number of likely N-dealkylation sites (tertiary alicyclic amines) is 1. The van der Waals surface area contributed by atoms with Crippen LogP contribution in [0.4, 0.5) is 18.9 Å². The minimum absolute atomic E-state index is 0.176. The molecule has 182 valence electrons. The van der Waals surface area contributed by atoms with Crippen molar-refractivity contribution in [3.63, 3.8) is 0 Å². The first-order chi connectivity index (χ1) is 16.2. The molecule has 0 aromatic heterocycles. The zero-order valence-electron chi connectivity index (χ0n) is 18.6. The van der Waals surface area contributed by atoms with Crippen LogP contribution in [-0.2, 0) is 20.5 Å². The van der Waals surface area contributed by atoms with Crippen molar-refractivity contribution in [3.8, 4) is 5.75 Å². The van der Waals surface area contributed by atoms with Gasteiger partial charge in [0.2, 0.25) is 5.91 Å². The highest BCUT2D eigenvalue weighted by molar-refractivity contribution is 5.95. The highest BCUT2D eigenvalue weighted by atomic mass is 19.4. The Morgan fingerprint density at radius 2 is 1.74 bits per heavy atom. The van der Waals surface area contributed by atoms with Crippen LogP contribution < -0.4 is 10.1 Å². The monoisotopic (exact) mass is 478 g/mol. The maximum absolute atomic E-state index is 12.7. The quantitative estimate of drug-likeness (QED) is 0.605. The van der Waals surface area contributed by atoms with E-state index in [-0.39, 0.29) is 36.5 Å².